The number of hydrogen-bond acceptors (Lipinski definition) is 3. The minimum atomic E-state index is -0.532. The van der Waals surface area contributed by atoms with Crippen LogP contribution in [0.3, 0.4) is 0 Å². The second-order valence-electron chi connectivity index (χ2n) is 7.39. The largest absolute Gasteiger partial charge is 0.343 e. The van der Waals surface area contributed by atoms with E-state index in [1.165, 1.54) is 0 Å². The summed E-state index contributed by atoms with van der Waals surface area (Å²) < 4.78 is 0. The second-order valence-corrected chi connectivity index (χ2v) is 7.39. The van der Waals surface area contributed by atoms with Gasteiger partial charge >= 0.3 is 0 Å². The van der Waals surface area contributed by atoms with Gasteiger partial charge in [-0.2, -0.15) is 0 Å². The van der Waals surface area contributed by atoms with Gasteiger partial charge in [-0.3, -0.25) is 14.4 Å². The van der Waals surface area contributed by atoms with Crippen LogP contribution in [0.2, 0.25) is 0 Å². The number of rotatable bonds is 3. The van der Waals surface area contributed by atoms with Gasteiger partial charge in [-0.15, -0.1) is 0 Å². The molecule has 1 spiro atoms. The molecule has 2 heterocycles. The van der Waals surface area contributed by atoms with Gasteiger partial charge in [0.1, 0.15) is 0 Å². The Morgan fingerprint density at radius 3 is 2.36 bits per heavy atom. The van der Waals surface area contributed by atoms with E-state index in [9.17, 15) is 14.4 Å². The topological polar surface area (TPSA) is 69.7 Å². The molecule has 1 saturated heterocycles. The highest BCUT2D eigenvalue weighted by molar-refractivity contribution is 6.08. The Kier molecular flexibility index (Phi) is 4.63. The molecule has 0 aliphatic carbocycles. The van der Waals surface area contributed by atoms with Crippen LogP contribution < -0.4 is 10.2 Å². The van der Waals surface area contributed by atoms with E-state index < -0.39 is 5.41 Å². The van der Waals surface area contributed by atoms with Crippen molar-refractivity contribution in [3.05, 3.63) is 65.7 Å². The Hall–Kier alpha value is -3.15. The van der Waals surface area contributed by atoms with E-state index in [4.69, 9.17) is 0 Å². The molecule has 2 aliphatic rings. The Balaban J connectivity index is 1.39. The van der Waals surface area contributed by atoms with Crippen molar-refractivity contribution in [3.8, 4) is 0 Å². The summed E-state index contributed by atoms with van der Waals surface area (Å²) in [5.41, 5.74) is 2.02. The highest BCUT2D eigenvalue weighted by Gasteiger charge is 2.51. The van der Waals surface area contributed by atoms with E-state index in [0.717, 1.165) is 11.3 Å². The van der Waals surface area contributed by atoms with Crippen molar-refractivity contribution in [2.75, 3.05) is 31.6 Å². The molecule has 3 amide bonds. The maximum atomic E-state index is 13.0. The number of carbonyl (C=O) groups is 3. The first-order valence-corrected chi connectivity index (χ1v) is 9.52. The fourth-order valence-electron chi connectivity index (χ4n) is 4.30. The first kappa shape index (κ1) is 18.2. The smallest absolute Gasteiger partial charge is 0.251 e. The van der Waals surface area contributed by atoms with Gasteiger partial charge in [-0.05, 0) is 36.6 Å². The van der Waals surface area contributed by atoms with Crippen LogP contribution in [0.1, 0.15) is 28.8 Å². The van der Waals surface area contributed by atoms with Gasteiger partial charge in [-0.25, -0.2) is 0 Å². The van der Waals surface area contributed by atoms with Gasteiger partial charge in [0.25, 0.3) is 5.91 Å². The summed E-state index contributed by atoms with van der Waals surface area (Å²) >= 11 is 0. The van der Waals surface area contributed by atoms with Crippen LogP contribution in [-0.2, 0) is 15.0 Å². The molecular weight excluding hydrogens is 354 g/mol. The molecule has 28 heavy (non-hydrogen) atoms. The van der Waals surface area contributed by atoms with E-state index in [0.29, 0.717) is 31.5 Å². The monoisotopic (exact) mass is 377 g/mol. The Morgan fingerprint density at radius 2 is 1.64 bits per heavy atom. The molecule has 0 unspecified atom stereocenters. The van der Waals surface area contributed by atoms with Crippen molar-refractivity contribution in [3.63, 3.8) is 0 Å². The highest BCUT2D eigenvalue weighted by Crippen LogP contribution is 2.47. The van der Waals surface area contributed by atoms with Crippen molar-refractivity contribution < 1.29 is 14.4 Å². The van der Waals surface area contributed by atoms with Crippen molar-refractivity contribution in [2.45, 2.75) is 18.3 Å². The molecule has 0 aromatic heterocycles. The molecule has 2 aromatic rings. The van der Waals surface area contributed by atoms with E-state index in [1.54, 1.807) is 34.1 Å². The number of anilines is 1. The third-order valence-electron chi connectivity index (χ3n) is 5.90. The molecule has 0 atom stereocenters. The average molecular weight is 377 g/mol. The van der Waals surface area contributed by atoms with Crippen LogP contribution in [0.5, 0.6) is 0 Å². The minimum absolute atomic E-state index is 0.0365. The number of amides is 3. The molecule has 0 bridgehead atoms. The summed E-state index contributed by atoms with van der Waals surface area (Å²) in [5, 5.41) is 2.68. The average Bonchev–Trinajstić information content (AvgIpc) is 2.95. The SMILES string of the molecule is CN1C(=O)C2(CCN(C(=O)CNC(=O)c3ccccc3)CC2)c2ccccc21. The van der Waals surface area contributed by atoms with Crippen molar-refractivity contribution in [1.82, 2.24) is 10.2 Å². The molecule has 4 rings (SSSR count). The predicted octanol–water partition coefficient (Wildman–Crippen LogP) is 1.95. The van der Waals surface area contributed by atoms with Gasteiger partial charge in [0.15, 0.2) is 0 Å². The predicted molar refractivity (Wildman–Crippen MR) is 106 cm³/mol. The molecular formula is C22H23N3O3. The zero-order valence-electron chi connectivity index (χ0n) is 15.9. The molecule has 0 saturated carbocycles. The van der Waals surface area contributed by atoms with Crippen LogP contribution in [-0.4, -0.2) is 49.3 Å². The summed E-state index contributed by atoms with van der Waals surface area (Å²) in [6.07, 6.45) is 1.21. The van der Waals surface area contributed by atoms with Gasteiger partial charge in [-0.1, -0.05) is 36.4 Å². The van der Waals surface area contributed by atoms with Gasteiger partial charge < -0.3 is 15.1 Å². The minimum Gasteiger partial charge on any atom is -0.343 e. The van der Waals surface area contributed by atoms with Crippen molar-refractivity contribution >= 4 is 23.4 Å². The molecule has 144 valence electrons. The first-order valence-electron chi connectivity index (χ1n) is 9.52. The zero-order valence-corrected chi connectivity index (χ0v) is 15.9. The van der Waals surface area contributed by atoms with Crippen molar-refractivity contribution in [2.24, 2.45) is 0 Å². The Bertz CT molecular complexity index is 918. The summed E-state index contributed by atoms with van der Waals surface area (Å²) in [6, 6.07) is 16.7. The number of nitrogens with zero attached hydrogens (tertiary/aromatic N) is 2. The third kappa shape index (κ3) is 2.95. The normalized spacial score (nSPS) is 17.5. The third-order valence-corrected chi connectivity index (χ3v) is 5.90. The highest BCUT2D eigenvalue weighted by atomic mass is 16.2. The zero-order chi connectivity index (χ0) is 19.7. The summed E-state index contributed by atoms with van der Waals surface area (Å²) in [4.78, 5) is 41.1. The number of nitrogens with one attached hydrogen (secondary N) is 1. The van der Waals surface area contributed by atoms with E-state index in [1.807, 2.05) is 37.4 Å². The Labute approximate surface area is 164 Å². The fraction of sp³-hybridized carbons (Fsp3) is 0.318. The molecule has 0 radical (unpaired) electrons. The maximum Gasteiger partial charge on any atom is 0.251 e. The standard InChI is InChI=1S/C22H23N3O3/c1-24-18-10-6-5-9-17(18)22(21(24)28)11-13-25(14-12-22)19(26)15-23-20(27)16-7-3-2-4-8-16/h2-10H,11-15H2,1H3,(H,23,27). The van der Waals surface area contributed by atoms with Gasteiger partial charge in [0, 0.05) is 31.4 Å². The molecule has 2 aliphatic heterocycles. The number of likely N-dealkylation sites (tertiary alicyclic amines) is 1. The van der Waals surface area contributed by atoms with E-state index >= 15 is 0 Å². The summed E-state index contributed by atoms with van der Waals surface area (Å²) in [6.45, 7) is 0.979. The lowest BCUT2D eigenvalue weighted by molar-refractivity contribution is -0.134. The quantitative estimate of drug-likeness (QED) is 0.889. The lowest BCUT2D eigenvalue weighted by Gasteiger charge is -2.38. The Morgan fingerprint density at radius 1 is 1.00 bits per heavy atom. The van der Waals surface area contributed by atoms with Crippen LogP contribution >= 0.6 is 0 Å². The second kappa shape index (κ2) is 7.11. The lowest BCUT2D eigenvalue weighted by Crippen LogP contribution is -2.51. The first-order chi connectivity index (χ1) is 13.5. The van der Waals surface area contributed by atoms with E-state index in [2.05, 4.69) is 5.32 Å². The fourth-order valence-corrected chi connectivity index (χ4v) is 4.30. The number of piperidine rings is 1. The summed E-state index contributed by atoms with van der Waals surface area (Å²) in [7, 11) is 1.81. The van der Waals surface area contributed by atoms with Crippen LogP contribution in [0.15, 0.2) is 54.6 Å². The van der Waals surface area contributed by atoms with Crippen molar-refractivity contribution in [1.29, 1.82) is 0 Å². The molecule has 1 fully saturated rings. The number of hydrogen-bond donors (Lipinski definition) is 1. The number of fused-ring (bicyclic) bond motifs is 2. The van der Waals surface area contributed by atoms with Crippen LogP contribution in [0.25, 0.3) is 0 Å². The molecule has 6 heteroatoms. The molecule has 6 nitrogen and oxygen atoms in total. The van der Waals surface area contributed by atoms with Crippen LogP contribution in [0.4, 0.5) is 5.69 Å². The molecule has 1 N–H and O–H groups in total. The number of carbonyl (C=O) groups excluding carboxylic acids is 3. The number of likely N-dealkylation sites (N-methyl/N-ethyl adjacent to an activating group) is 1. The lowest BCUT2D eigenvalue weighted by atomic mass is 9.73. The summed E-state index contributed by atoms with van der Waals surface area (Å²) in [5.74, 6) is -0.270. The van der Waals surface area contributed by atoms with Crippen LogP contribution in [0, 0.1) is 0 Å². The number of benzene rings is 2. The molecule has 2 aromatic carbocycles. The van der Waals surface area contributed by atoms with Gasteiger partial charge in [0.05, 0.1) is 12.0 Å². The number of para-hydroxylation sites is 1. The maximum absolute atomic E-state index is 13.0. The van der Waals surface area contributed by atoms with Gasteiger partial charge in [0.2, 0.25) is 11.8 Å². The van der Waals surface area contributed by atoms with E-state index in [-0.39, 0.29) is 24.3 Å².